The number of carbonyl (C=O) groups excluding carboxylic acids is 2. The number of hydrogen-bond acceptors (Lipinski definition) is 4. The zero-order chi connectivity index (χ0) is 20.4. The van der Waals surface area contributed by atoms with Gasteiger partial charge in [-0.15, -0.1) is 11.3 Å². The summed E-state index contributed by atoms with van der Waals surface area (Å²) in [6.07, 6.45) is 2.10. The van der Waals surface area contributed by atoms with Crippen LogP contribution in [0.3, 0.4) is 0 Å². The van der Waals surface area contributed by atoms with E-state index >= 15 is 0 Å². The van der Waals surface area contributed by atoms with Crippen molar-refractivity contribution in [3.8, 4) is 0 Å². The standard InChI is InChI=1S/C23H25N3O2S/c1-15(22(28)24-19-7-5-6-18(14-19)16(2)27)26-12-10-17(11-13-26)23-25-20-8-3-4-9-21(20)29-23/h3-9,14-15,17H,10-13H2,1-2H3,(H,24,28)/p+1/t15-/m0/s1. The van der Waals surface area contributed by atoms with E-state index in [4.69, 9.17) is 4.98 Å². The molecule has 0 saturated carbocycles. The molecule has 3 aromatic rings. The SMILES string of the molecule is CC(=O)c1cccc(NC(=O)[C@H](C)[NH+]2CCC(c3nc4ccccc4s3)CC2)c1. The van der Waals surface area contributed by atoms with Crippen LogP contribution in [0.25, 0.3) is 10.2 Å². The lowest BCUT2D eigenvalue weighted by Gasteiger charge is -2.31. The lowest BCUT2D eigenvalue weighted by atomic mass is 9.96. The maximum atomic E-state index is 12.7. The van der Waals surface area contributed by atoms with Gasteiger partial charge in [0.1, 0.15) is 0 Å². The average Bonchev–Trinajstić information content (AvgIpc) is 3.18. The van der Waals surface area contributed by atoms with E-state index < -0.39 is 0 Å². The van der Waals surface area contributed by atoms with Crippen molar-refractivity contribution >= 4 is 38.9 Å². The first-order chi connectivity index (χ1) is 14.0. The van der Waals surface area contributed by atoms with Gasteiger partial charge in [0.2, 0.25) is 0 Å². The minimum absolute atomic E-state index is 0.000797. The number of nitrogens with zero attached hydrogens (tertiary/aromatic N) is 1. The highest BCUT2D eigenvalue weighted by atomic mass is 32.1. The number of benzene rings is 2. The van der Waals surface area contributed by atoms with Crippen molar-refractivity contribution in [2.45, 2.75) is 38.6 Å². The van der Waals surface area contributed by atoms with Gasteiger partial charge in [0.25, 0.3) is 5.91 Å². The summed E-state index contributed by atoms with van der Waals surface area (Å²) in [5, 5.41) is 4.20. The van der Waals surface area contributed by atoms with Gasteiger partial charge in [0.05, 0.1) is 28.3 Å². The number of nitrogens with one attached hydrogen (secondary N) is 2. The Morgan fingerprint density at radius 2 is 1.90 bits per heavy atom. The molecule has 1 amide bonds. The Balaban J connectivity index is 1.35. The van der Waals surface area contributed by atoms with Gasteiger partial charge in [0, 0.05) is 30.0 Å². The lowest BCUT2D eigenvalue weighted by Crippen LogP contribution is -3.17. The Morgan fingerprint density at radius 3 is 2.62 bits per heavy atom. The Kier molecular flexibility index (Phi) is 5.74. The van der Waals surface area contributed by atoms with E-state index in [9.17, 15) is 9.59 Å². The van der Waals surface area contributed by atoms with Gasteiger partial charge in [-0.3, -0.25) is 9.59 Å². The minimum atomic E-state index is -0.132. The van der Waals surface area contributed by atoms with E-state index in [-0.39, 0.29) is 17.7 Å². The number of thiazole rings is 1. The van der Waals surface area contributed by atoms with Crippen LogP contribution in [0.5, 0.6) is 0 Å². The van der Waals surface area contributed by atoms with Crippen LogP contribution in [0.15, 0.2) is 48.5 Å². The fraction of sp³-hybridized carbons (Fsp3) is 0.348. The third kappa shape index (κ3) is 4.38. The van der Waals surface area contributed by atoms with E-state index in [1.54, 1.807) is 29.5 Å². The number of ketones is 1. The predicted molar refractivity (Wildman–Crippen MR) is 117 cm³/mol. The number of Topliss-reactive ketones (excluding diaryl/α,β-unsaturated/α-hetero) is 1. The van der Waals surface area contributed by atoms with Gasteiger partial charge in [-0.2, -0.15) is 0 Å². The molecule has 1 fully saturated rings. The molecule has 0 spiro atoms. The number of amides is 1. The molecular weight excluding hydrogens is 382 g/mol. The lowest BCUT2D eigenvalue weighted by molar-refractivity contribution is -0.919. The highest BCUT2D eigenvalue weighted by Gasteiger charge is 2.32. The largest absolute Gasteiger partial charge is 0.325 e. The van der Waals surface area contributed by atoms with Crippen molar-refractivity contribution in [1.29, 1.82) is 0 Å². The van der Waals surface area contributed by atoms with Crippen LogP contribution in [0, 0.1) is 0 Å². The summed E-state index contributed by atoms with van der Waals surface area (Å²) in [7, 11) is 0. The summed E-state index contributed by atoms with van der Waals surface area (Å²) in [6, 6.07) is 15.3. The third-order valence-corrected chi connectivity index (χ3v) is 7.03. The number of anilines is 1. The van der Waals surface area contributed by atoms with Crippen LogP contribution < -0.4 is 10.2 Å². The molecule has 0 unspecified atom stereocenters. The molecular formula is C23H26N3O2S+. The highest BCUT2D eigenvalue weighted by molar-refractivity contribution is 7.18. The molecule has 0 radical (unpaired) electrons. The number of quaternary nitrogens is 1. The summed E-state index contributed by atoms with van der Waals surface area (Å²) in [4.78, 5) is 30.4. The molecule has 1 saturated heterocycles. The van der Waals surface area contributed by atoms with Crippen molar-refractivity contribution in [1.82, 2.24) is 4.98 Å². The summed E-state index contributed by atoms with van der Waals surface area (Å²) in [5.41, 5.74) is 2.38. The number of piperidine rings is 1. The average molecular weight is 409 g/mol. The molecule has 29 heavy (non-hydrogen) atoms. The Labute approximate surface area is 174 Å². The van der Waals surface area contributed by atoms with E-state index in [0.717, 1.165) is 31.4 Å². The minimum Gasteiger partial charge on any atom is -0.325 e. The first kappa shape index (κ1) is 19.7. The molecule has 2 heterocycles. The molecule has 2 aromatic carbocycles. The fourth-order valence-electron chi connectivity index (χ4n) is 3.99. The topological polar surface area (TPSA) is 63.5 Å². The molecule has 150 valence electrons. The van der Waals surface area contributed by atoms with Crippen LogP contribution in [0.4, 0.5) is 5.69 Å². The van der Waals surface area contributed by atoms with Crippen LogP contribution in [-0.4, -0.2) is 35.8 Å². The van der Waals surface area contributed by atoms with E-state index in [2.05, 4.69) is 23.5 Å². The first-order valence-electron chi connectivity index (χ1n) is 10.1. The number of aromatic nitrogens is 1. The third-order valence-electron chi connectivity index (χ3n) is 5.83. The smallest absolute Gasteiger partial charge is 0.282 e. The van der Waals surface area contributed by atoms with E-state index in [1.807, 2.05) is 19.1 Å². The van der Waals surface area contributed by atoms with Gasteiger partial charge >= 0.3 is 0 Å². The second-order valence-electron chi connectivity index (χ2n) is 7.80. The van der Waals surface area contributed by atoms with Crippen molar-refractivity contribution in [3.63, 3.8) is 0 Å². The zero-order valence-corrected chi connectivity index (χ0v) is 17.6. The Morgan fingerprint density at radius 1 is 1.14 bits per heavy atom. The van der Waals surface area contributed by atoms with Crippen molar-refractivity contribution < 1.29 is 14.5 Å². The quantitative estimate of drug-likeness (QED) is 0.637. The molecule has 1 aliphatic rings. The van der Waals surface area contributed by atoms with Crippen LogP contribution in [0.1, 0.15) is 48.0 Å². The molecule has 6 heteroatoms. The van der Waals surface area contributed by atoms with Crippen molar-refractivity contribution in [3.05, 3.63) is 59.1 Å². The molecule has 1 atom stereocenters. The van der Waals surface area contributed by atoms with E-state index in [1.165, 1.54) is 21.5 Å². The fourth-order valence-corrected chi connectivity index (χ4v) is 5.12. The number of para-hydroxylation sites is 1. The molecule has 5 nitrogen and oxygen atoms in total. The number of likely N-dealkylation sites (tertiary alicyclic amines) is 1. The number of carbonyl (C=O) groups is 2. The summed E-state index contributed by atoms with van der Waals surface area (Å²) in [5.74, 6) is 0.481. The second kappa shape index (κ2) is 8.43. The number of fused-ring (bicyclic) bond motifs is 1. The molecule has 1 aliphatic heterocycles. The van der Waals surface area contributed by atoms with Crippen molar-refractivity contribution in [2.75, 3.05) is 18.4 Å². The van der Waals surface area contributed by atoms with Gasteiger partial charge in [0.15, 0.2) is 11.8 Å². The summed E-state index contributed by atoms with van der Waals surface area (Å²) in [6.45, 7) is 5.44. The van der Waals surface area contributed by atoms with Gasteiger partial charge in [-0.25, -0.2) is 4.98 Å². The van der Waals surface area contributed by atoms with Crippen LogP contribution >= 0.6 is 11.3 Å². The van der Waals surface area contributed by atoms with E-state index in [0.29, 0.717) is 17.2 Å². The summed E-state index contributed by atoms with van der Waals surface area (Å²) < 4.78 is 1.25. The maximum absolute atomic E-state index is 12.7. The summed E-state index contributed by atoms with van der Waals surface area (Å²) >= 11 is 1.80. The molecule has 2 N–H and O–H groups in total. The van der Waals surface area contributed by atoms with Crippen LogP contribution in [-0.2, 0) is 4.79 Å². The highest BCUT2D eigenvalue weighted by Crippen LogP contribution is 2.31. The molecule has 1 aromatic heterocycles. The second-order valence-corrected chi connectivity index (χ2v) is 8.86. The molecule has 0 aliphatic carbocycles. The first-order valence-corrected chi connectivity index (χ1v) is 10.9. The van der Waals surface area contributed by atoms with Gasteiger partial charge < -0.3 is 10.2 Å². The Hall–Kier alpha value is -2.57. The van der Waals surface area contributed by atoms with Crippen LogP contribution in [0.2, 0.25) is 0 Å². The molecule has 0 bridgehead atoms. The van der Waals surface area contributed by atoms with Gasteiger partial charge in [-0.1, -0.05) is 24.3 Å². The number of hydrogen-bond donors (Lipinski definition) is 2. The Bertz CT molecular complexity index is 1000. The van der Waals surface area contributed by atoms with Gasteiger partial charge in [-0.05, 0) is 38.1 Å². The number of rotatable bonds is 5. The monoisotopic (exact) mass is 408 g/mol. The maximum Gasteiger partial charge on any atom is 0.282 e. The molecule has 4 rings (SSSR count). The normalized spacial score (nSPS) is 20.3. The predicted octanol–water partition coefficient (Wildman–Crippen LogP) is 3.29. The van der Waals surface area contributed by atoms with Crippen molar-refractivity contribution in [2.24, 2.45) is 0 Å². The zero-order valence-electron chi connectivity index (χ0n) is 16.8.